The topological polar surface area (TPSA) is 3.24 Å². The highest BCUT2D eigenvalue weighted by Crippen LogP contribution is 2.32. The highest BCUT2D eigenvalue weighted by Gasteiger charge is 2.11. The summed E-state index contributed by atoms with van der Waals surface area (Å²) in [5.41, 5.74) is 7.84. The molecule has 2 aromatic carbocycles. The molecule has 0 aliphatic heterocycles. The van der Waals surface area contributed by atoms with E-state index < -0.39 is 0 Å². The second-order valence-corrected chi connectivity index (χ2v) is 5.09. The molecule has 0 amide bonds. The summed E-state index contributed by atoms with van der Waals surface area (Å²) in [5, 5.41) is 0. The quantitative estimate of drug-likeness (QED) is 0.735. The normalized spacial score (nSPS) is 10.5. The molecule has 2 aromatic rings. The molecular weight excluding hydrogens is 218 g/mol. The molecule has 0 atom stereocenters. The fourth-order valence-electron chi connectivity index (χ4n) is 2.54. The van der Waals surface area contributed by atoms with Gasteiger partial charge in [-0.15, -0.1) is 0 Å². The van der Waals surface area contributed by atoms with Crippen molar-refractivity contribution < 1.29 is 0 Å². The number of anilines is 2. The summed E-state index contributed by atoms with van der Waals surface area (Å²) in [6.07, 6.45) is 0. The van der Waals surface area contributed by atoms with E-state index in [0.29, 0.717) is 0 Å². The summed E-state index contributed by atoms with van der Waals surface area (Å²) in [6.45, 7) is 8.65. The molecule has 0 spiro atoms. The van der Waals surface area contributed by atoms with E-state index in [1.54, 1.807) is 0 Å². The first-order valence-corrected chi connectivity index (χ1v) is 6.38. The molecular formula is C17H21N. The van der Waals surface area contributed by atoms with E-state index in [-0.39, 0.29) is 0 Å². The van der Waals surface area contributed by atoms with E-state index >= 15 is 0 Å². The van der Waals surface area contributed by atoms with Gasteiger partial charge in [0.15, 0.2) is 0 Å². The van der Waals surface area contributed by atoms with Crippen LogP contribution in [0, 0.1) is 27.7 Å². The lowest BCUT2D eigenvalue weighted by Crippen LogP contribution is -2.13. The first-order chi connectivity index (χ1) is 8.50. The minimum atomic E-state index is 1.28. The molecule has 18 heavy (non-hydrogen) atoms. The number of hydrogen-bond acceptors (Lipinski definition) is 1. The highest BCUT2D eigenvalue weighted by atomic mass is 15.1. The van der Waals surface area contributed by atoms with Crippen LogP contribution in [-0.2, 0) is 0 Å². The maximum Gasteiger partial charge on any atom is 0.0467 e. The zero-order valence-corrected chi connectivity index (χ0v) is 11.9. The summed E-state index contributed by atoms with van der Waals surface area (Å²) < 4.78 is 0. The summed E-state index contributed by atoms with van der Waals surface area (Å²) in [4.78, 5) is 2.30. The van der Waals surface area contributed by atoms with Crippen LogP contribution in [-0.4, -0.2) is 7.05 Å². The van der Waals surface area contributed by atoms with Crippen LogP contribution in [0.4, 0.5) is 11.4 Å². The van der Waals surface area contributed by atoms with Crippen molar-refractivity contribution in [2.75, 3.05) is 11.9 Å². The molecule has 0 radical (unpaired) electrons. The predicted octanol–water partition coefficient (Wildman–Crippen LogP) is 4.69. The molecule has 0 fully saturated rings. The molecule has 0 aliphatic carbocycles. The van der Waals surface area contributed by atoms with Gasteiger partial charge < -0.3 is 4.90 Å². The minimum absolute atomic E-state index is 1.28. The van der Waals surface area contributed by atoms with Gasteiger partial charge in [0.25, 0.3) is 0 Å². The monoisotopic (exact) mass is 239 g/mol. The van der Waals surface area contributed by atoms with Crippen LogP contribution < -0.4 is 4.90 Å². The number of benzene rings is 2. The van der Waals surface area contributed by atoms with Crippen LogP contribution in [0.1, 0.15) is 22.3 Å². The predicted molar refractivity (Wildman–Crippen MR) is 79.9 cm³/mol. The molecule has 0 bridgehead atoms. The second kappa shape index (κ2) is 4.85. The molecule has 0 N–H and O–H groups in total. The van der Waals surface area contributed by atoms with Crippen molar-refractivity contribution in [3.63, 3.8) is 0 Å². The first-order valence-electron chi connectivity index (χ1n) is 6.38. The van der Waals surface area contributed by atoms with Crippen molar-refractivity contribution in [3.05, 3.63) is 58.7 Å². The van der Waals surface area contributed by atoms with Crippen molar-refractivity contribution in [1.82, 2.24) is 0 Å². The van der Waals surface area contributed by atoms with Gasteiger partial charge in [-0.05, 0) is 56.0 Å². The number of aryl methyl sites for hydroxylation is 4. The maximum atomic E-state index is 2.30. The first kappa shape index (κ1) is 12.7. The smallest absolute Gasteiger partial charge is 0.0467 e. The van der Waals surface area contributed by atoms with E-state index in [2.05, 4.69) is 76.0 Å². The zero-order valence-electron chi connectivity index (χ0n) is 11.9. The van der Waals surface area contributed by atoms with Crippen LogP contribution >= 0.6 is 0 Å². The van der Waals surface area contributed by atoms with Gasteiger partial charge in [-0.25, -0.2) is 0 Å². The Labute approximate surface area is 110 Å². The number of rotatable bonds is 2. The maximum absolute atomic E-state index is 2.30. The Morgan fingerprint density at radius 2 is 1.39 bits per heavy atom. The number of nitrogens with zero attached hydrogens (tertiary/aromatic N) is 1. The summed E-state index contributed by atoms with van der Waals surface area (Å²) in [7, 11) is 2.15. The van der Waals surface area contributed by atoms with Crippen molar-refractivity contribution in [2.24, 2.45) is 0 Å². The molecule has 2 rings (SSSR count). The third-order valence-corrected chi connectivity index (χ3v) is 3.50. The largest absolute Gasteiger partial charge is 0.344 e. The Balaban J connectivity index is 2.54. The summed E-state index contributed by atoms with van der Waals surface area (Å²) >= 11 is 0. The number of para-hydroxylation sites is 1. The molecule has 1 nitrogen and oxygen atoms in total. The Morgan fingerprint density at radius 3 is 2.00 bits per heavy atom. The van der Waals surface area contributed by atoms with Gasteiger partial charge >= 0.3 is 0 Å². The van der Waals surface area contributed by atoms with Gasteiger partial charge in [0.1, 0.15) is 0 Å². The average molecular weight is 239 g/mol. The van der Waals surface area contributed by atoms with E-state index in [1.807, 2.05) is 0 Å². The van der Waals surface area contributed by atoms with Crippen LogP contribution in [0.15, 0.2) is 36.4 Å². The van der Waals surface area contributed by atoms with Crippen molar-refractivity contribution in [3.8, 4) is 0 Å². The van der Waals surface area contributed by atoms with E-state index in [4.69, 9.17) is 0 Å². The Bertz CT molecular complexity index is 550. The van der Waals surface area contributed by atoms with Gasteiger partial charge in [0.05, 0.1) is 0 Å². The van der Waals surface area contributed by atoms with Gasteiger partial charge in [0.2, 0.25) is 0 Å². The molecule has 0 unspecified atom stereocenters. The molecule has 94 valence electrons. The zero-order chi connectivity index (χ0) is 13.3. The van der Waals surface area contributed by atoms with Crippen molar-refractivity contribution in [1.29, 1.82) is 0 Å². The van der Waals surface area contributed by atoms with Gasteiger partial charge in [0, 0.05) is 18.4 Å². The lowest BCUT2D eigenvalue weighted by atomic mass is 10.1. The minimum Gasteiger partial charge on any atom is -0.344 e. The van der Waals surface area contributed by atoms with Gasteiger partial charge in [-0.1, -0.05) is 30.3 Å². The number of hydrogen-bond donors (Lipinski definition) is 0. The highest BCUT2D eigenvalue weighted by molar-refractivity contribution is 5.71. The Kier molecular flexibility index (Phi) is 3.42. The summed E-state index contributed by atoms with van der Waals surface area (Å²) in [5.74, 6) is 0. The molecule has 0 aliphatic rings. The Hall–Kier alpha value is -1.76. The van der Waals surface area contributed by atoms with E-state index in [9.17, 15) is 0 Å². The fraction of sp³-hybridized carbons (Fsp3) is 0.294. The summed E-state index contributed by atoms with van der Waals surface area (Å²) in [6, 6.07) is 13.1. The van der Waals surface area contributed by atoms with Crippen LogP contribution in [0.2, 0.25) is 0 Å². The standard InChI is InChI=1S/C17H21N/c1-12-9-10-13(2)16(11-12)18(5)17-14(3)7-6-8-15(17)4/h6-11H,1-5H3. The van der Waals surface area contributed by atoms with E-state index in [1.165, 1.54) is 33.6 Å². The SMILES string of the molecule is Cc1ccc(C)c(N(C)c2c(C)cccc2C)c1. The second-order valence-electron chi connectivity index (χ2n) is 5.09. The molecule has 0 saturated heterocycles. The third kappa shape index (κ3) is 2.26. The lowest BCUT2D eigenvalue weighted by Gasteiger charge is -2.25. The van der Waals surface area contributed by atoms with Gasteiger partial charge in [-0.3, -0.25) is 0 Å². The average Bonchev–Trinajstić information content (AvgIpc) is 2.32. The van der Waals surface area contributed by atoms with Crippen LogP contribution in [0.5, 0.6) is 0 Å². The molecule has 0 saturated carbocycles. The van der Waals surface area contributed by atoms with Crippen molar-refractivity contribution >= 4 is 11.4 Å². The molecule has 0 heterocycles. The van der Waals surface area contributed by atoms with E-state index in [0.717, 1.165) is 0 Å². The molecule has 0 aromatic heterocycles. The van der Waals surface area contributed by atoms with Gasteiger partial charge in [-0.2, -0.15) is 0 Å². The Morgan fingerprint density at radius 1 is 0.778 bits per heavy atom. The lowest BCUT2D eigenvalue weighted by molar-refractivity contribution is 1.14. The molecule has 1 heteroatoms. The third-order valence-electron chi connectivity index (χ3n) is 3.50. The van der Waals surface area contributed by atoms with Crippen molar-refractivity contribution in [2.45, 2.75) is 27.7 Å². The van der Waals surface area contributed by atoms with Crippen LogP contribution in [0.3, 0.4) is 0 Å². The fourth-order valence-corrected chi connectivity index (χ4v) is 2.54. The van der Waals surface area contributed by atoms with Crippen LogP contribution in [0.25, 0.3) is 0 Å².